The molecule has 0 saturated carbocycles. The van der Waals surface area contributed by atoms with Crippen LogP contribution in [0.25, 0.3) is 0 Å². The molecule has 6 heteroatoms. The van der Waals surface area contributed by atoms with Crippen LogP contribution in [-0.2, 0) is 6.42 Å². The average molecular weight is 434 g/mol. The number of para-hydroxylation sites is 2. The van der Waals surface area contributed by atoms with Gasteiger partial charge in [-0.25, -0.2) is 0 Å². The highest BCUT2D eigenvalue weighted by Crippen LogP contribution is 2.53. The Morgan fingerprint density at radius 1 is 0.844 bits per heavy atom. The quantitative estimate of drug-likeness (QED) is 0.461. The average Bonchev–Trinajstić information content (AvgIpc) is 2.84. The molecule has 32 heavy (non-hydrogen) atoms. The second kappa shape index (κ2) is 7.95. The van der Waals surface area contributed by atoms with Crippen LogP contribution in [0.3, 0.4) is 0 Å². The molecule has 3 aromatic rings. The van der Waals surface area contributed by atoms with E-state index in [2.05, 4.69) is 19.2 Å². The minimum absolute atomic E-state index is 0.0442. The van der Waals surface area contributed by atoms with Crippen molar-refractivity contribution in [3.8, 4) is 40.2 Å². The summed E-state index contributed by atoms with van der Waals surface area (Å²) in [6.07, 6.45) is 0.918. The van der Waals surface area contributed by atoms with Crippen molar-refractivity contribution in [3.63, 3.8) is 0 Å². The van der Waals surface area contributed by atoms with E-state index in [4.69, 9.17) is 23.7 Å². The van der Waals surface area contributed by atoms with Gasteiger partial charge in [0.25, 0.3) is 0 Å². The topological polar surface area (TPSA) is 58.2 Å². The Balaban J connectivity index is 1.68. The Labute approximate surface area is 188 Å². The highest BCUT2D eigenvalue weighted by atomic mass is 16.6. The molecule has 1 atom stereocenters. The third-order valence-corrected chi connectivity index (χ3v) is 6.37. The summed E-state index contributed by atoms with van der Waals surface area (Å²) in [6.45, 7) is 5.07. The molecule has 0 saturated heterocycles. The molecule has 0 aromatic heterocycles. The SMILES string of the molecule is COc1cc(C2NCCc3c(C)c4c(c(C)c32)Oc2ccccc2O4)cc(OC)c1OC. The van der Waals surface area contributed by atoms with Crippen LogP contribution in [-0.4, -0.2) is 27.9 Å². The first-order chi connectivity index (χ1) is 15.6. The van der Waals surface area contributed by atoms with Crippen LogP contribution < -0.4 is 29.0 Å². The highest BCUT2D eigenvalue weighted by molar-refractivity contribution is 5.67. The van der Waals surface area contributed by atoms with Crippen molar-refractivity contribution in [2.45, 2.75) is 26.3 Å². The van der Waals surface area contributed by atoms with E-state index in [1.807, 2.05) is 36.4 Å². The van der Waals surface area contributed by atoms with Crippen LogP contribution >= 0.6 is 0 Å². The van der Waals surface area contributed by atoms with Gasteiger partial charge in [-0.3, -0.25) is 0 Å². The summed E-state index contributed by atoms with van der Waals surface area (Å²) in [5.41, 5.74) is 5.74. The monoisotopic (exact) mass is 433 g/mol. The molecule has 166 valence electrons. The molecule has 1 unspecified atom stereocenters. The van der Waals surface area contributed by atoms with Crippen molar-refractivity contribution in [1.82, 2.24) is 5.32 Å². The second-order valence-corrected chi connectivity index (χ2v) is 8.05. The van der Waals surface area contributed by atoms with Gasteiger partial charge in [-0.15, -0.1) is 0 Å². The summed E-state index contributed by atoms with van der Waals surface area (Å²) in [7, 11) is 4.89. The number of hydrogen-bond acceptors (Lipinski definition) is 6. The van der Waals surface area contributed by atoms with Crippen LogP contribution in [0.1, 0.15) is 33.9 Å². The lowest BCUT2D eigenvalue weighted by Gasteiger charge is -2.34. The molecule has 0 spiro atoms. The van der Waals surface area contributed by atoms with Gasteiger partial charge in [0.15, 0.2) is 34.5 Å². The normalized spacial score (nSPS) is 16.1. The number of benzene rings is 3. The van der Waals surface area contributed by atoms with Crippen LogP contribution in [0.15, 0.2) is 36.4 Å². The standard InChI is InChI=1S/C26H27NO5/c1-14-17-10-11-27-23(16-12-20(28-3)26(30-5)21(13-16)29-4)22(17)15(2)25-24(14)31-18-8-6-7-9-19(18)32-25/h6-9,12-13,23,27H,10-11H2,1-5H3. The first kappa shape index (κ1) is 20.5. The first-order valence-corrected chi connectivity index (χ1v) is 10.7. The van der Waals surface area contributed by atoms with Crippen LogP contribution in [0.5, 0.6) is 40.2 Å². The minimum Gasteiger partial charge on any atom is -0.493 e. The van der Waals surface area contributed by atoms with Crippen LogP contribution in [0.2, 0.25) is 0 Å². The fourth-order valence-corrected chi connectivity index (χ4v) is 4.82. The van der Waals surface area contributed by atoms with Gasteiger partial charge in [0.2, 0.25) is 5.75 Å². The highest BCUT2D eigenvalue weighted by Gasteiger charge is 2.33. The predicted molar refractivity (Wildman–Crippen MR) is 122 cm³/mol. The van der Waals surface area contributed by atoms with E-state index in [9.17, 15) is 0 Å². The van der Waals surface area contributed by atoms with E-state index in [-0.39, 0.29) is 6.04 Å². The Hall–Kier alpha value is -3.38. The van der Waals surface area contributed by atoms with Gasteiger partial charge in [0.05, 0.1) is 27.4 Å². The molecule has 2 aliphatic rings. The Morgan fingerprint density at radius 3 is 2.00 bits per heavy atom. The zero-order valence-corrected chi connectivity index (χ0v) is 19.0. The van der Waals surface area contributed by atoms with Crippen molar-refractivity contribution in [2.75, 3.05) is 27.9 Å². The Bertz CT molecular complexity index is 1180. The summed E-state index contributed by atoms with van der Waals surface area (Å²) in [4.78, 5) is 0. The fraction of sp³-hybridized carbons (Fsp3) is 0.308. The number of rotatable bonds is 4. The number of methoxy groups -OCH3 is 3. The van der Waals surface area contributed by atoms with Crippen LogP contribution in [0, 0.1) is 13.8 Å². The Morgan fingerprint density at radius 2 is 1.44 bits per heavy atom. The van der Waals surface area contributed by atoms with Gasteiger partial charge >= 0.3 is 0 Å². The van der Waals surface area contributed by atoms with Gasteiger partial charge in [-0.2, -0.15) is 0 Å². The molecule has 3 aromatic carbocycles. The number of nitrogens with one attached hydrogen (secondary N) is 1. The van der Waals surface area contributed by atoms with E-state index in [1.165, 1.54) is 11.1 Å². The lowest BCUT2D eigenvalue weighted by molar-refractivity contribution is 0.323. The van der Waals surface area contributed by atoms with E-state index in [1.54, 1.807) is 21.3 Å². The van der Waals surface area contributed by atoms with Gasteiger partial charge in [0, 0.05) is 12.1 Å². The molecule has 2 heterocycles. The molecule has 6 nitrogen and oxygen atoms in total. The largest absolute Gasteiger partial charge is 0.493 e. The molecule has 0 radical (unpaired) electrons. The Kier molecular flexibility index (Phi) is 5.10. The molecular formula is C26H27NO5. The molecule has 0 bridgehead atoms. The molecule has 1 N–H and O–H groups in total. The molecule has 0 fully saturated rings. The van der Waals surface area contributed by atoms with E-state index in [0.717, 1.165) is 52.7 Å². The third-order valence-electron chi connectivity index (χ3n) is 6.37. The number of fused-ring (bicyclic) bond motifs is 3. The maximum atomic E-state index is 6.34. The summed E-state index contributed by atoms with van der Waals surface area (Å²) in [5.74, 6) is 4.93. The summed E-state index contributed by atoms with van der Waals surface area (Å²) < 4.78 is 29.4. The lowest BCUT2D eigenvalue weighted by atomic mass is 9.83. The number of ether oxygens (including phenoxy) is 5. The molecule has 0 amide bonds. The van der Waals surface area contributed by atoms with Gasteiger partial charge < -0.3 is 29.0 Å². The van der Waals surface area contributed by atoms with Crippen molar-refractivity contribution in [1.29, 1.82) is 0 Å². The van der Waals surface area contributed by atoms with Crippen molar-refractivity contribution in [3.05, 3.63) is 64.2 Å². The number of hydrogen-bond donors (Lipinski definition) is 1. The zero-order chi connectivity index (χ0) is 22.4. The van der Waals surface area contributed by atoms with E-state index >= 15 is 0 Å². The first-order valence-electron chi connectivity index (χ1n) is 10.7. The van der Waals surface area contributed by atoms with Gasteiger partial charge in [0.1, 0.15) is 0 Å². The van der Waals surface area contributed by atoms with Gasteiger partial charge in [-0.1, -0.05) is 12.1 Å². The molecule has 5 rings (SSSR count). The fourth-order valence-electron chi connectivity index (χ4n) is 4.82. The van der Waals surface area contributed by atoms with Gasteiger partial charge in [-0.05, 0) is 66.8 Å². The molecular weight excluding hydrogens is 406 g/mol. The summed E-state index contributed by atoms with van der Waals surface area (Å²) in [6, 6.07) is 11.8. The van der Waals surface area contributed by atoms with E-state index < -0.39 is 0 Å². The third kappa shape index (κ3) is 3.06. The summed E-state index contributed by atoms with van der Waals surface area (Å²) >= 11 is 0. The molecule has 2 aliphatic heterocycles. The van der Waals surface area contributed by atoms with Crippen molar-refractivity contribution < 1.29 is 23.7 Å². The second-order valence-electron chi connectivity index (χ2n) is 8.05. The zero-order valence-electron chi connectivity index (χ0n) is 19.0. The maximum Gasteiger partial charge on any atom is 0.203 e. The maximum absolute atomic E-state index is 6.34. The predicted octanol–water partition coefficient (Wildman–Crippen LogP) is 5.46. The van der Waals surface area contributed by atoms with Crippen molar-refractivity contribution >= 4 is 0 Å². The smallest absolute Gasteiger partial charge is 0.203 e. The summed E-state index contributed by atoms with van der Waals surface area (Å²) in [5, 5.41) is 3.68. The minimum atomic E-state index is -0.0442. The molecule has 0 aliphatic carbocycles. The van der Waals surface area contributed by atoms with Crippen molar-refractivity contribution in [2.24, 2.45) is 0 Å². The lowest BCUT2D eigenvalue weighted by Crippen LogP contribution is -2.32. The van der Waals surface area contributed by atoms with Crippen LogP contribution in [0.4, 0.5) is 0 Å². The van der Waals surface area contributed by atoms with E-state index in [0.29, 0.717) is 17.2 Å².